The Kier molecular flexibility index (Phi) is 3.73. The monoisotopic (exact) mass is 313 g/mol. The molecule has 22 heavy (non-hydrogen) atoms. The van der Waals surface area contributed by atoms with Crippen LogP contribution in [0.25, 0.3) is 5.69 Å². The number of aromatic nitrogens is 1. The summed E-state index contributed by atoms with van der Waals surface area (Å²) in [6.45, 7) is 1.90. The first kappa shape index (κ1) is 14.4. The topological polar surface area (TPSA) is 48.3 Å². The van der Waals surface area contributed by atoms with Gasteiger partial charge in [-0.05, 0) is 55.5 Å². The first-order valence-electron chi connectivity index (χ1n) is 6.79. The molecule has 1 aromatic heterocycles. The van der Waals surface area contributed by atoms with Crippen LogP contribution in [0.5, 0.6) is 5.75 Å². The minimum absolute atomic E-state index is 0.146. The zero-order valence-electron chi connectivity index (χ0n) is 12.0. The number of benzene rings is 2. The molecule has 1 heterocycles. The molecule has 0 atom stereocenters. The van der Waals surface area contributed by atoms with E-state index in [1.807, 2.05) is 36.0 Å². The van der Waals surface area contributed by atoms with E-state index < -0.39 is 10.1 Å². The molecule has 0 fully saturated rings. The van der Waals surface area contributed by atoms with Gasteiger partial charge in [-0.15, -0.1) is 0 Å². The van der Waals surface area contributed by atoms with Crippen molar-refractivity contribution >= 4 is 10.1 Å². The van der Waals surface area contributed by atoms with E-state index in [2.05, 4.69) is 0 Å². The molecule has 0 aliphatic heterocycles. The molecule has 5 heteroatoms. The number of rotatable bonds is 4. The summed E-state index contributed by atoms with van der Waals surface area (Å²) < 4.78 is 31.5. The highest BCUT2D eigenvalue weighted by atomic mass is 32.2. The SMILES string of the molecule is Cc1ccc(S(=O)(=O)Oc2ccc(-n3cccc3)cc2)cc1. The Morgan fingerprint density at radius 3 is 2.05 bits per heavy atom. The van der Waals surface area contributed by atoms with E-state index in [1.165, 1.54) is 0 Å². The van der Waals surface area contributed by atoms with Crippen LogP contribution in [0.15, 0.2) is 78.0 Å². The molecule has 112 valence electrons. The Hall–Kier alpha value is -2.53. The second-order valence-electron chi connectivity index (χ2n) is 4.93. The summed E-state index contributed by atoms with van der Waals surface area (Å²) in [6, 6.07) is 17.3. The molecule has 0 N–H and O–H groups in total. The van der Waals surface area contributed by atoms with Crippen molar-refractivity contribution in [3.8, 4) is 11.4 Å². The normalized spacial score (nSPS) is 11.3. The van der Waals surface area contributed by atoms with Crippen LogP contribution in [0.2, 0.25) is 0 Å². The maximum Gasteiger partial charge on any atom is 0.339 e. The standard InChI is InChI=1S/C17H15NO3S/c1-14-4-10-17(11-5-14)22(19,20)21-16-8-6-15(7-9-16)18-12-2-3-13-18/h2-13H,1H3. The molecule has 0 amide bonds. The molecule has 0 saturated heterocycles. The van der Waals surface area contributed by atoms with E-state index in [1.54, 1.807) is 48.5 Å². The lowest BCUT2D eigenvalue weighted by atomic mass is 10.2. The molecule has 0 aliphatic carbocycles. The van der Waals surface area contributed by atoms with Crippen LogP contribution in [-0.4, -0.2) is 13.0 Å². The molecule has 3 rings (SSSR count). The minimum atomic E-state index is -3.80. The van der Waals surface area contributed by atoms with Crippen molar-refractivity contribution in [1.82, 2.24) is 4.57 Å². The van der Waals surface area contributed by atoms with Crippen LogP contribution >= 0.6 is 0 Å². The van der Waals surface area contributed by atoms with Crippen LogP contribution in [-0.2, 0) is 10.1 Å². The molecule has 0 saturated carbocycles. The van der Waals surface area contributed by atoms with Gasteiger partial charge in [0.15, 0.2) is 0 Å². The Labute approximate surface area is 129 Å². The second-order valence-corrected chi connectivity index (χ2v) is 6.48. The molecule has 2 aromatic carbocycles. The number of nitrogens with zero attached hydrogens (tertiary/aromatic N) is 1. The number of aryl methyl sites for hydroxylation is 1. The van der Waals surface area contributed by atoms with Gasteiger partial charge in [0.25, 0.3) is 0 Å². The highest BCUT2D eigenvalue weighted by Gasteiger charge is 2.16. The van der Waals surface area contributed by atoms with Crippen molar-refractivity contribution in [2.45, 2.75) is 11.8 Å². The zero-order chi connectivity index (χ0) is 15.6. The highest BCUT2D eigenvalue weighted by molar-refractivity contribution is 7.87. The highest BCUT2D eigenvalue weighted by Crippen LogP contribution is 2.20. The molecule has 0 bridgehead atoms. The van der Waals surface area contributed by atoms with Gasteiger partial charge >= 0.3 is 10.1 Å². The maximum absolute atomic E-state index is 12.2. The van der Waals surface area contributed by atoms with Crippen molar-refractivity contribution < 1.29 is 12.6 Å². The van der Waals surface area contributed by atoms with Gasteiger partial charge in [0, 0.05) is 18.1 Å². The molecule has 0 aliphatic rings. The largest absolute Gasteiger partial charge is 0.379 e. The Bertz CT molecular complexity index is 849. The summed E-state index contributed by atoms with van der Waals surface area (Å²) in [5, 5.41) is 0. The van der Waals surface area contributed by atoms with Crippen molar-refractivity contribution in [1.29, 1.82) is 0 Å². The van der Waals surface area contributed by atoms with Crippen LogP contribution in [0.3, 0.4) is 0 Å². The van der Waals surface area contributed by atoms with Crippen molar-refractivity contribution in [2.75, 3.05) is 0 Å². The molecular weight excluding hydrogens is 298 g/mol. The van der Waals surface area contributed by atoms with E-state index in [0.29, 0.717) is 0 Å². The van der Waals surface area contributed by atoms with Gasteiger partial charge < -0.3 is 8.75 Å². The van der Waals surface area contributed by atoms with Gasteiger partial charge in [-0.2, -0.15) is 8.42 Å². The fraction of sp³-hybridized carbons (Fsp3) is 0.0588. The molecule has 0 radical (unpaired) electrons. The van der Waals surface area contributed by atoms with Crippen LogP contribution in [0, 0.1) is 6.92 Å². The fourth-order valence-electron chi connectivity index (χ4n) is 2.06. The van der Waals surface area contributed by atoms with E-state index in [4.69, 9.17) is 4.18 Å². The summed E-state index contributed by atoms with van der Waals surface area (Å²) in [5.74, 6) is 0.288. The van der Waals surface area contributed by atoms with E-state index >= 15 is 0 Å². The lowest BCUT2D eigenvalue weighted by Gasteiger charge is -2.08. The van der Waals surface area contributed by atoms with Crippen molar-refractivity contribution in [3.63, 3.8) is 0 Å². The fourth-order valence-corrected chi connectivity index (χ4v) is 2.99. The van der Waals surface area contributed by atoms with Gasteiger partial charge in [-0.3, -0.25) is 0 Å². The minimum Gasteiger partial charge on any atom is -0.379 e. The van der Waals surface area contributed by atoms with Gasteiger partial charge in [0.1, 0.15) is 10.6 Å². The molecule has 4 nitrogen and oxygen atoms in total. The summed E-state index contributed by atoms with van der Waals surface area (Å²) in [6.07, 6.45) is 3.83. The van der Waals surface area contributed by atoms with Crippen LogP contribution in [0.4, 0.5) is 0 Å². The van der Waals surface area contributed by atoms with Gasteiger partial charge in [-0.25, -0.2) is 0 Å². The van der Waals surface area contributed by atoms with Gasteiger partial charge in [0.05, 0.1) is 0 Å². The smallest absolute Gasteiger partial charge is 0.339 e. The van der Waals surface area contributed by atoms with E-state index in [9.17, 15) is 8.42 Å². The molecule has 3 aromatic rings. The summed E-state index contributed by atoms with van der Waals surface area (Å²) in [4.78, 5) is 0.146. The number of hydrogen-bond acceptors (Lipinski definition) is 3. The van der Waals surface area contributed by atoms with E-state index in [0.717, 1.165) is 11.3 Å². The third-order valence-corrected chi connectivity index (χ3v) is 4.52. The average molecular weight is 313 g/mol. The lowest BCUT2D eigenvalue weighted by molar-refractivity contribution is 0.486. The van der Waals surface area contributed by atoms with Crippen molar-refractivity contribution in [3.05, 3.63) is 78.6 Å². The summed E-state index contributed by atoms with van der Waals surface area (Å²) in [7, 11) is -3.80. The Morgan fingerprint density at radius 2 is 1.45 bits per heavy atom. The first-order chi connectivity index (χ1) is 10.5. The first-order valence-corrected chi connectivity index (χ1v) is 8.20. The molecule has 0 spiro atoms. The average Bonchev–Trinajstić information content (AvgIpc) is 3.02. The Balaban J connectivity index is 1.82. The summed E-state index contributed by atoms with van der Waals surface area (Å²) >= 11 is 0. The predicted molar refractivity (Wildman–Crippen MR) is 84.8 cm³/mol. The molecule has 0 unspecified atom stereocenters. The third kappa shape index (κ3) is 3.04. The van der Waals surface area contributed by atoms with Crippen LogP contribution < -0.4 is 4.18 Å². The predicted octanol–water partition coefficient (Wildman–Crippen LogP) is 3.55. The van der Waals surface area contributed by atoms with Crippen molar-refractivity contribution in [2.24, 2.45) is 0 Å². The summed E-state index contributed by atoms with van der Waals surface area (Å²) in [5.41, 5.74) is 1.93. The third-order valence-electron chi connectivity index (χ3n) is 3.25. The zero-order valence-corrected chi connectivity index (χ0v) is 12.8. The van der Waals surface area contributed by atoms with Gasteiger partial charge in [-0.1, -0.05) is 17.7 Å². The second kappa shape index (κ2) is 5.69. The van der Waals surface area contributed by atoms with Crippen LogP contribution in [0.1, 0.15) is 5.56 Å². The molecular formula is C17H15NO3S. The number of hydrogen-bond donors (Lipinski definition) is 0. The van der Waals surface area contributed by atoms with Gasteiger partial charge in [0.2, 0.25) is 0 Å². The lowest BCUT2D eigenvalue weighted by Crippen LogP contribution is -2.09. The Morgan fingerprint density at radius 1 is 0.864 bits per heavy atom. The van der Waals surface area contributed by atoms with E-state index in [-0.39, 0.29) is 10.6 Å². The maximum atomic E-state index is 12.2. The quantitative estimate of drug-likeness (QED) is 0.692.